The molecule has 0 saturated carbocycles. The molecule has 4 nitrogen and oxygen atoms in total. The van der Waals surface area contributed by atoms with E-state index < -0.39 is 0 Å². The Labute approximate surface area is 97.6 Å². The Morgan fingerprint density at radius 2 is 2.12 bits per heavy atom. The number of halogens is 1. The Kier molecular flexibility index (Phi) is 3.10. The maximum Gasteiger partial charge on any atom is 0.267 e. The van der Waals surface area contributed by atoms with Crippen LogP contribution in [0.5, 0.6) is 0 Å². The molecule has 0 saturated heterocycles. The van der Waals surface area contributed by atoms with Crippen LogP contribution in [0.15, 0.2) is 23.0 Å². The zero-order chi connectivity index (χ0) is 12.4. The van der Waals surface area contributed by atoms with Crippen molar-refractivity contribution in [2.75, 3.05) is 6.54 Å². The molecule has 0 spiro atoms. The summed E-state index contributed by atoms with van der Waals surface area (Å²) in [6, 6.07) is 4.73. The molecule has 0 atom stereocenters. The minimum absolute atomic E-state index is 0.174. The van der Waals surface area contributed by atoms with Gasteiger partial charge in [0.05, 0.1) is 5.69 Å². The molecule has 1 aromatic carbocycles. The molecular weight excluding hydrogens is 221 g/mol. The summed E-state index contributed by atoms with van der Waals surface area (Å²) in [6.45, 7) is 2.08. The van der Waals surface area contributed by atoms with E-state index in [1.165, 1.54) is 6.07 Å². The van der Waals surface area contributed by atoms with Crippen molar-refractivity contribution in [1.29, 1.82) is 0 Å². The van der Waals surface area contributed by atoms with Gasteiger partial charge in [-0.2, -0.15) is 0 Å². The lowest BCUT2D eigenvalue weighted by Gasteiger charge is -2.03. The second kappa shape index (κ2) is 4.55. The molecule has 0 aliphatic heterocycles. The van der Waals surface area contributed by atoms with Gasteiger partial charge < -0.3 is 5.73 Å². The van der Waals surface area contributed by atoms with E-state index in [1.807, 2.05) is 0 Å². The zero-order valence-electron chi connectivity index (χ0n) is 9.51. The van der Waals surface area contributed by atoms with Crippen molar-refractivity contribution >= 4 is 0 Å². The Bertz CT molecular complexity index is 586. The van der Waals surface area contributed by atoms with E-state index in [-0.39, 0.29) is 11.4 Å². The lowest BCUT2D eigenvalue weighted by Crippen LogP contribution is -2.12. The predicted molar refractivity (Wildman–Crippen MR) is 64.3 cm³/mol. The van der Waals surface area contributed by atoms with Crippen LogP contribution in [0.1, 0.15) is 11.1 Å². The van der Waals surface area contributed by atoms with Gasteiger partial charge in [-0.25, -0.2) is 4.39 Å². The van der Waals surface area contributed by atoms with E-state index in [9.17, 15) is 9.18 Å². The molecule has 0 fully saturated rings. The first-order valence-electron chi connectivity index (χ1n) is 5.39. The van der Waals surface area contributed by atoms with E-state index in [2.05, 4.69) is 10.2 Å². The molecule has 5 heteroatoms. The van der Waals surface area contributed by atoms with Crippen molar-refractivity contribution in [2.24, 2.45) is 5.73 Å². The largest absolute Gasteiger partial charge is 0.330 e. The minimum Gasteiger partial charge on any atom is -0.330 e. The number of H-pyrrole nitrogens is 2. The molecule has 2 rings (SSSR count). The highest BCUT2D eigenvalue weighted by Gasteiger charge is 2.11. The summed E-state index contributed by atoms with van der Waals surface area (Å²) in [5, 5.41) is 5.33. The molecule has 0 bridgehead atoms. The first-order chi connectivity index (χ1) is 8.13. The number of nitrogens with one attached hydrogen (secondary N) is 2. The number of rotatable bonds is 3. The number of aromatic amines is 2. The van der Waals surface area contributed by atoms with E-state index in [0.29, 0.717) is 29.8 Å². The van der Waals surface area contributed by atoms with Crippen LogP contribution >= 0.6 is 0 Å². The van der Waals surface area contributed by atoms with Crippen molar-refractivity contribution in [3.05, 3.63) is 45.5 Å². The Morgan fingerprint density at radius 1 is 1.35 bits per heavy atom. The van der Waals surface area contributed by atoms with Gasteiger partial charge in [-0.15, -0.1) is 0 Å². The molecule has 0 unspecified atom stereocenters. The van der Waals surface area contributed by atoms with Gasteiger partial charge in [0.1, 0.15) is 5.82 Å². The summed E-state index contributed by atoms with van der Waals surface area (Å²) in [5.41, 5.74) is 7.91. The van der Waals surface area contributed by atoms with Crippen LogP contribution in [0.25, 0.3) is 11.3 Å². The Morgan fingerprint density at radius 3 is 2.76 bits per heavy atom. The predicted octanol–water partition coefficient (Wildman–Crippen LogP) is 1.32. The molecule has 17 heavy (non-hydrogen) atoms. The highest BCUT2D eigenvalue weighted by Crippen LogP contribution is 2.21. The molecule has 1 aromatic heterocycles. The zero-order valence-corrected chi connectivity index (χ0v) is 9.51. The summed E-state index contributed by atoms with van der Waals surface area (Å²) in [7, 11) is 0. The van der Waals surface area contributed by atoms with Crippen molar-refractivity contribution in [3.8, 4) is 11.3 Å². The van der Waals surface area contributed by atoms with E-state index in [4.69, 9.17) is 5.73 Å². The number of aryl methyl sites for hydroxylation is 1. The second-order valence-electron chi connectivity index (χ2n) is 3.94. The number of hydrogen-bond donors (Lipinski definition) is 3. The molecule has 0 aliphatic rings. The van der Waals surface area contributed by atoms with Crippen LogP contribution in [-0.4, -0.2) is 16.7 Å². The lowest BCUT2D eigenvalue weighted by atomic mass is 10.0. The van der Waals surface area contributed by atoms with E-state index in [1.54, 1.807) is 19.1 Å². The van der Waals surface area contributed by atoms with Crippen molar-refractivity contribution in [1.82, 2.24) is 10.2 Å². The minimum atomic E-state index is -0.257. The first kappa shape index (κ1) is 11.6. The molecule has 0 radical (unpaired) electrons. The van der Waals surface area contributed by atoms with Gasteiger partial charge in [0.25, 0.3) is 5.56 Å². The summed E-state index contributed by atoms with van der Waals surface area (Å²) < 4.78 is 13.2. The van der Waals surface area contributed by atoms with Gasteiger partial charge in [0, 0.05) is 11.1 Å². The van der Waals surface area contributed by atoms with Gasteiger partial charge in [-0.05, 0) is 43.7 Å². The Hall–Kier alpha value is -1.88. The van der Waals surface area contributed by atoms with Crippen LogP contribution < -0.4 is 11.3 Å². The van der Waals surface area contributed by atoms with Crippen molar-refractivity contribution in [3.63, 3.8) is 0 Å². The number of aromatic nitrogens is 2. The fourth-order valence-electron chi connectivity index (χ4n) is 1.81. The number of nitrogens with two attached hydrogens (primary N) is 1. The Balaban J connectivity index is 2.52. The maximum absolute atomic E-state index is 13.2. The molecule has 90 valence electrons. The van der Waals surface area contributed by atoms with Crippen LogP contribution in [0.4, 0.5) is 4.39 Å². The van der Waals surface area contributed by atoms with E-state index in [0.717, 1.165) is 5.56 Å². The third-order valence-corrected chi connectivity index (χ3v) is 2.72. The number of benzene rings is 1. The second-order valence-corrected chi connectivity index (χ2v) is 3.94. The SMILES string of the molecule is Cc1cc(-c2[nH][nH]c(=O)c2CCN)ccc1F. The third-order valence-electron chi connectivity index (χ3n) is 2.72. The molecular formula is C12H14FN3O. The summed E-state index contributed by atoms with van der Waals surface area (Å²) in [4.78, 5) is 11.5. The maximum atomic E-state index is 13.2. The third kappa shape index (κ3) is 2.14. The fraction of sp³-hybridized carbons (Fsp3) is 0.250. The summed E-state index contributed by atoms with van der Waals surface area (Å²) in [6.07, 6.45) is 0.491. The molecule has 0 amide bonds. The standard InChI is InChI=1S/C12H14FN3O/c1-7-6-8(2-3-10(7)13)11-9(4-5-14)12(17)16-15-11/h2-3,6H,4-5,14H2,1H3,(H2,15,16,17). The van der Waals surface area contributed by atoms with Crippen LogP contribution in [-0.2, 0) is 6.42 Å². The normalized spacial score (nSPS) is 10.8. The topological polar surface area (TPSA) is 74.7 Å². The summed E-state index contributed by atoms with van der Waals surface area (Å²) >= 11 is 0. The van der Waals surface area contributed by atoms with Gasteiger partial charge in [0.15, 0.2) is 0 Å². The highest BCUT2D eigenvalue weighted by molar-refractivity contribution is 5.63. The lowest BCUT2D eigenvalue weighted by molar-refractivity contribution is 0.618. The van der Waals surface area contributed by atoms with Gasteiger partial charge in [-0.1, -0.05) is 0 Å². The number of hydrogen-bond acceptors (Lipinski definition) is 2. The highest BCUT2D eigenvalue weighted by atomic mass is 19.1. The summed E-state index contributed by atoms with van der Waals surface area (Å²) in [5.74, 6) is -0.257. The molecule has 0 aliphatic carbocycles. The molecule has 2 aromatic rings. The van der Waals surface area contributed by atoms with Gasteiger partial charge >= 0.3 is 0 Å². The first-order valence-corrected chi connectivity index (χ1v) is 5.39. The van der Waals surface area contributed by atoms with Crippen molar-refractivity contribution < 1.29 is 4.39 Å². The van der Waals surface area contributed by atoms with Crippen LogP contribution in [0, 0.1) is 12.7 Å². The smallest absolute Gasteiger partial charge is 0.267 e. The van der Waals surface area contributed by atoms with Gasteiger partial charge in [0.2, 0.25) is 0 Å². The van der Waals surface area contributed by atoms with Crippen LogP contribution in [0.2, 0.25) is 0 Å². The van der Waals surface area contributed by atoms with E-state index >= 15 is 0 Å². The fourth-order valence-corrected chi connectivity index (χ4v) is 1.81. The average molecular weight is 235 g/mol. The molecule has 4 N–H and O–H groups in total. The van der Waals surface area contributed by atoms with Crippen LogP contribution in [0.3, 0.4) is 0 Å². The monoisotopic (exact) mass is 235 g/mol. The average Bonchev–Trinajstić information content (AvgIpc) is 2.66. The van der Waals surface area contributed by atoms with Gasteiger partial charge in [-0.3, -0.25) is 15.0 Å². The molecule has 1 heterocycles. The quantitative estimate of drug-likeness (QED) is 0.750. The van der Waals surface area contributed by atoms with Crippen molar-refractivity contribution in [2.45, 2.75) is 13.3 Å².